The van der Waals surface area contributed by atoms with Gasteiger partial charge in [0, 0.05) is 23.8 Å². The zero-order chi connectivity index (χ0) is 20.7. The number of nitrogens with zero attached hydrogens (tertiary/aromatic N) is 3. The SMILES string of the molecule is CCOC(=O)C(=CNc1nccs1)C(=O)c1cc([N+](=O)[O-])c(OC)nc1OC. The third-order valence-electron chi connectivity index (χ3n) is 3.27. The highest BCUT2D eigenvalue weighted by atomic mass is 32.1. The summed E-state index contributed by atoms with van der Waals surface area (Å²) in [5.74, 6) is -2.37. The minimum absolute atomic E-state index is 0.0266. The van der Waals surface area contributed by atoms with E-state index < -0.39 is 27.9 Å². The van der Waals surface area contributed by atoms with Gasteiger partial charge < -0.3 is 19.5 Å². The normalized spacial score (nSPS) is 10.9. The zero-order valence-corrected chi connectivity index (χ0v) is 15.9. The summed E-state index contributed by atoms with van der Waals surface area (Å²) in [6, 6.07) is 0.934. The van der Waals surface area contributed by atoms with E-state index in [1.54, 1.807) is 12.3 Å². The maximum atomic E-state index is 13.0. The number of methoxy groups -OCH3 is 2. The van der Waals surface area contributed by atoms with Gasteiger partial charge in [0.15, 0.2) is 5.13 Å². The second kappa shape index (κ2) is 9.41. The molecule has 1 N–H and O–H groups in total. The Labute approximate surface area is 163 Å². The summed E-state index contributed by atoms with van der Waals surface area (Å²) in [6.45, 7) is 1.60. The molecule has 0 aliphatic rings. The fourth-order valence-electron chi connectivity index (χ4n) is 2.07. The fraction of sp³-hybridized carbons (Fsp3) is 0.250. The molecule has 0 atom stereocenters. The van der Waals surface area contributed by atoms with Gasteiger partial charge in [0.25, 0.3) is 5.88 Å². The first-order chi connectivity index (χ1) is 13.4. The molecular formula is C16H16N4O7S. The van der Waals surface area contributed by atoms with Gasteiger partial charge in [-0.1, -0.05) is 0 Å². The van der Waals surface area contributed by atoms with Crippen molar-refractivity contribution in [3.05, 3.63) is 45.1 Å². The third-order valence-corrected chi connectivity index (χ3v) is 3.98. The van der Waals surface area contributed by atoms with Crippen LogP contribution in [0.4, 0.5) is 10.8 Å². The molecule has 2 rings (SSSR count). The lowest BCUT2D eigenvalue weighted by molar-refractivity contribution is -0.386. The molecule has 0 saturated heterocycles. The average molecular weight is 408 g/mol. The highest BCUT2D eigenvalue weighted by Gasteiger charge is 2.30. The van der Waals surface area contributed by atoms with Crippen molar-refractivity contribution in [2.75, 3.05) is 26.1 Å². The molecule has 28 heavy (non-hydrogen) atoms. The maximum Gasteiger partial charge on any atom is 0.343 e. The first kappa shape index (κ1) is 20.8. The zero-order valence-electron chi connectivity index (χ0n) is 15.1. The molecule has 0 aliphatic carbocycles. The second-order valence-electron chi connectivity index (χ2n) is 4.92. The first-order valence-electron chi connectivity index (χ1n) is 7.78. The number of ketones is 1. The van der Waals surface area contributed by atoms with Crippen LogP contribution in [-0.4, -0.2) is 47.5 Å². The lowest BCUT2D eigenvalue weighted by atomic mass is 10.0. The van der Waals surface area contributed by atoms with Gasteiger partial charge >= 0.3 is 11.7 Å². The molecule has 0 aliphatic heterocycles. The second-order valence-corrected chi connectivity index (χ2v) is 5.81. The number of hydrogen-bond donors (Lipinski definition) is 1. The predicted molar refractivity (Wildman–Crippen MR) is 98.8 cm³/mol. The van der Waals surface area contributed by atoms with Crippen molar-refractivity contribution in [1.29, 1.82) is 0 Å². The molecule has 0 fully saturated rings. The molecular weight excluding hydrogens is 392 g/mol. The quantitative estimate of drug-likeness (QED) is 0.125. The number of hydrogen-bond acceptors (Lipinski definition) is 11. The number of esters is 1. The number of nitrogens with one attached hydrogen (secondary N) is 1. The highest BCUT2D eigenvalue weighted by Crippen LogP contribution is 2.32. The molecule has 148 valence electrons. The predicted octanol–water partition coefficient (Wildman–Crippen LogP) is 2.21. The van der Waals surface area contributed by atoms with Crippen molar-refractivity contribution in [2.24, 2.45) is 0 Å². The monoisotopic (exact) mass is 408 g/mol. The van der Waals surface area contributed by atoms with Crippen LogP contribution in [0.5, 0.6) is 11.8 Å². The number of rotatable bonds is 9. The number of anilines is 1. The van der Waals surface area contributed by atoms with Gasteiger partial charge in [-0.3, -0.25) is 14.9 Å². The Morgan fingerprint density at radius 1 is 1.32 bits per heavy atom. The Hall–Kier alpha value is -3.54. The van der Waals surface area contributed by atoms with Crippen LogP contribution in [0.15, 0.2) is 29.4 Å². The van der Waals surface area contributed by atoms with Crippen molar-refractivity contribution in [2.45, 2.75) is 6.92 Å². The summed E-state index contributed by atoms with van der Waals surface area (Å²) in [7, 11) is 2.42. The van der Waals surface area contributed by atoms with Crippen LogP contribution in [-0.2, 0) is 9.53 Å². The van der Waals surface area contributed by atoms with Crippen molar-refractivity contribution in [1.82, 2.24) is 9.97 Å². The number of ether oxygens (including phenoxy) is 3. The fourth-order valence-corrected chi connectivity index (χ4v) is 2.57. The van der Waals surface area contributed by atoms with Crippen LogP contribution in [0, 0.1) is 10.1 Å². The lowest BCUT2D eigenvalue weighted by Crippen LogP contribution is -2.19. The molecule has 11 nitrogen and oxygen atoms in total. The van der Waals surface area contributed by atoms with Crippen LogP contribution in [0.25, 0.3) is 0 Å². The summed E-state index contributed by atoms with van der Waals surface area (Å²) in [5, 5.41) is 16.1. The molecule has 2 aromatic heterocycles. The van der Waals surface area contributed by atoms with E-state index in [0.717, 1.165) is 12.3 Å². The number of carbonyl (C=O) groups excluding carboxylic acids is 2. The summed E-state index contributed by atoms with van der Waals surface area (Å²) in [4.78, 5) is 43.5. The molecule has 0 radical (unpaired) electrons. The largest absolute Gasteiger partial charge is 0.480 e. The van der Waals surface area contributed by atoms with Gasteiger partial charge in [0.2, 0.25) is 11.7 Å². The van der Waals surface area contributed by atoms with Crippen molar-refractivity contribution in [3.63, 3.8) is 0 Å². The number of nitro groups is 1. The molecule has 12 heteroatoms. The van der Waals surface area contributed by atoms with E-state index in [1.165, 1.54) is 31.8 Å². The third kappa shape index (κ3) is 4.59. The summed E-state index contributed by atoms with van der Waals surface area (Å²) in [6.07, 6.45) is 2.65. The Kier molecular flexibility index (Phi) is 6.98. The number of Topliss-reactive ketones (excluding diaryl/α,β-unsaturated/α-hetero) is 1. The molecule has 2 heterocycles. The van der Waals surface area contributed by atoms with Crippen LogP contribution in [0.2, 0.25) is 0 Å². The lowest BCUT2D eigenvalue weighted by Gasteiger charge is -2.11. The van der Waals surface area contributed by atoms with Gasteiger partial charge in [-0.25, -0.2) is 9.78 Å². The van der Waals surface area contributed by atoms with E-state index in [9.17, 15) is 19.7 Å². The van der Waals surface area contributed by atoms with Gasteiger partial charge in [-0.15, -0.1) is 11.3 Å². The summed E-state index contributed by atoms with van der Waals surface area (Å²) >= 11 is 1.24. The van der Waals surface area contributed by atoms with Crippen molar-refractivity contribution < 1.29 is 28.7 Å². The molecule has 0 spiro atoms. The van der Waals surface area contributed by atoms with Crippen molar-refractivity contribution >= 4 is 33.9 Å². The van der Waals surface area contributed by atoms with E-state index in [0.29, 0.717) is 5.13 Å². The van der Waals surface area contributed by atoms with Gasteiger partial charge in [-0.2, -0.15) is 4.98 Å². The topological polar surface area (TPSA) is 143 Å². The Morgan fingerprint density at radius 2 is 2.04 bits per heavy atom. The van der Waals surface area contributed by atoms with E-state index in [2.05, 4.69) is 15.3 Å². The molecule has 0 amide bonds. The summed E-state index contributed by atoms with van der Waals surface area (Å²) < 4.78 is 14.8. The number of aromatic nitrogens is 2. The smallest absolute Gasteiger partial charge is 0.343 e. The minimum Gasteiger partial charge on any atom is -0.480 e. The molecule has 0 bridgehead atoms. The Morgan fingerprint density at radius 3 is 2.57 bits per heavy atom. The minimum atomic E-state index is -0.919. The van der Waals surface area contributed by atoms with Crippen LogP contribution in [0.1, 0.15) is 17.3 Å². The maximum absolute atomic E-state index is 13.0. The summed E-state index contributed by atoms with van der Waals surface area (Å²) in [5.41, 5.74) is -1.26. The standard InChI is InChI=1S/C16H16N4O7S/c1-4-27-15(22)10(8-18-16-17-5-6-28-16)12(21)9-7-11(20(23)24)14(26-3)19-13(9)25-2/h5-8H,4H2,1-3H3,(H,17,18). The molecule has 0 unspecified atom stereocenters. The van der Waals surface area contributed by atoms with E-state index in [-0.39, 0.29) is 23.9 Å². The number of thiazole rings is 1. The Balaban J connectivity index is 2.53. The highest BCUT2D eigenvalue weighted by molar-refractivity contribution is 7.13. The van der Waals surface area contributed by atoms with Gasteiger partial charge in [0.1, 0.15) is 5.57 Å². The number of carbonyl (C=O) groups is 2. The van der Waals surface area contributed by atoms with Crippen molar-refractivity contribution in [3.8, 4) is 11.8 Å². The van der Waals surface area contributed by atoms with E-state index in [4.69, 9.17) is 14.2 Å². The van der Waals surface area contributed by atoms with Gasteiger partial charge in [0.05, 0.1) is 31.3 Å². The number of pyridine rings is 1. The van der Waals surface area contributed by atoms with E-state index >= 15 is 0 Å². The molecule has 0 saturated carbocycles. The van der Waals surface area contributed by atoms with Crippen LogP contribution in [0.3, 0.4) is 0 Å². The first-order valence-corrected chi connectivity index (χ1v) is 8.66. The van der Waals surface area contributed by atoms with E-state index in [1.807, 2.05) is 0 Å². The van der Waals surface area contributed by atoms with Crippen LogP contribution >= 0.6 is 11.3 Å². The Bertz CT molecular complexity index is 912. The van der Waals surface area contributed by atoms with Crippen LogP contribution < -0.4 is 14.8 Å². The molecule has 0 aromatic carbocycles. The van der Waals surface area contributed by atoms with Gasteiger partial charge in [-0.05, 0) is 6.92 Å². The average Bonchev–Trinajstić information content (AvgIpc) is 3.20. The molecule has 2 aromatic rings.